The number of rotatable bonds is 2. The SMILES string of the molecule is O=C(OC1COC1)c1cc(F)c(F)c(F)c1. The lowest BCUT2D eigenvalue weighted by molar-refractivity contribution is -0.103. The summed E-state index contributed by atoms with van der Waals surface area (Å²) in [5.41, 5.74) is -0.358. The van der Waals surface area contributed by atoms with Crippen LogP contribution >= 0.6 is 0 Å². The summed E-state index contributed by atoms with van der Waals surface area (Å²) >= 11 is 0. The van der Waals surface area contributed by atoms with Crippen molar-refractivity contribution in [2.45, 2.75) is 6.10 Å². The first-order valence-electron chi connectivity index (χ1n) is 4.51. The van der Waals surface area contributed by atoms with Crippen molar-refractivity contribution in [1.29, 1.82) is 0 Å². The summed E-state index contributed by atoms with van der Waals surface area (Å²) in [6, 6.07) is 1.19. The number of benzene rings is 1. The van der Waals surface area contributed by atoms with Gasteiger partial charge in [0, 0.05) is 0 Å². The van der Waals surface area contributed by atoms with Crippen LogP contribution in [0.15, 0.2) is 12.1 Å². The van der Waals surface area contributed by atoms with Crippen LogP contribution in [0.1, 0.15) is 10.4 Å². The van der Waals surface area contributed by atoms with Crippen molar-refractivity contribution in [2.75, 3.05) is 13.2 Å². The predicted molar refractivity (Wildman–Crippen MR) is 46.3 cm³/mol. The standard InChI is InChI=1S/C10H7F3O3/c11-7-1-5(2-8(12)9(7)13)10(14)16-6-3-15-4-6/h1-2,6H,3-4H2. The van der Waals surface area contributed by atoms with Crippen LogP contribution in [0.4, 0.5) is 13.2 Å². The summed E-state index contributed by atoms with van der Waals surface area (Å²) in [4.78, 5) is 11.3. The smallest absolute Gasteiger partial charge is 0.338 e. The largest absolute Gasteiger partial charge is 0.454 e. The van der Waals surface area contributed by atoms with E-state index in [9.17, 15) is 18.0 Å². The maximum Gasteiger partial charge on any atom is 0.338 e. The molecule has 1 heterocycles. The number of hydrogen-bond donors (Lipinski definition) is 0. The lowest BCUT2D eigenvalue weighted by Crippen LogP contribution is -2.37. The summed E-state index contributed by atoms with van der Waals surface area (Å²) in [5, 5.41) is 0. The minimum absolute atomic E-state index is 0.262. The molecule has 0 bridgehead atoms. The fourth-order valence-corrected chi connectivity index (χ4v) is 1.17. The Morgan fingerprint density at radius 1 is 1.25 bits per heavy atom. The van der Waals surface area contributed by atoms with Gasteiger partial charge in [-0.2, -0.15) is 0 Å². The Hall–Kier alpha value is -1.56. The topological polar surface area (TPSA) is 35.5 Å². The zero-order chi connectivity index (χ0) is 11.7. The van der Waals surface area contributed by atoms with Crippen LogP contribution in [0.2, 0.25) is 0 Å². The van der Waals surface area contributed by atoms with Gasteiger partial charge in [0.1, 0.15) is 6.10 Å². The number of halogens is 3. The van der Waals surface area contributed by atoms with Gasteiger partial charge in [0.15, 0.2) is 17.5 Å². The van der Waals surface area contributed by atoms with Crippen LogP contribution in [0.3, 0.4) is 0 Å². The number of carbonyl (C=O) groups is 1. The van der Waals surface area contributed by atoms with E-state index < -0.39 is 29.5 Å². The summed E-state index contributed by atoms with van der Waals surface area (Å²) in [6.45, 7) is 0.524. The molecule has 0 aliphatic carbocycles. The summed E-state index contributed by atoms with van der Waals surface area (Å²) in [5.74, 6) is -5.34. The van der Waals surface area contributed by atoms with Gasteiger partial charge in [-0.25, -0.2) is 18.0 Å². The third-order valence-corrected chi connectivity index (χ3v) is 2.10. The van der Waals surface area contributed by atoms with E-state index in [4.69, 9.17) is 9.47 Å². The molecule has 1 fully saturated rings. The number of esters is 1. The molecule has 1 aliphatic heterocycles. The molecule has 16 heavy (non-hydrogen) atoms. The molecular weight excluding hydrogens is 225 g/mol. The van der Waals surface area contributed by atoms with Gasteiger partial charge in [-0.05, 0) is 12.1 Å². The highest BCUT2D eigenvalue weighted by Crippen LogP contribution is 2.16. The lowest BCUT2D eigenvalue weighted by atomic mass is 10.2. The second-order valence-corrected chi connectivity index (χ2v) is 3.32. The second kappa shape index (κ2) is 4.13. The molecule has 0 radical (unpaired) electrons. The van der Waals surface area contributed by atoms with Crippen molar-refractivity contribution in [3.05, 3.63) is 35.1 Å². The molecule has 6 heteroatoms. The van der Waals surface area contributed by atoms with Gasteiger partial charge in [0.2, 0.25) is 0 Å². The minimum Gasteiger partial charge on any atom is -0.454 e. The van der Waals surface area contributed by atoms with Crippen molar-refractivity contribution in [2.24, 2.45) is 0 Å². The monoisotopic (exact) mass is 232 g/mol. The Balaban J connectivity index is 2.16. The van der Waals surface area contributed by atoms with Crippen molar-refractivity contribution in [3.8, 4) is 0 Å². The van der Waals surface area contributed by atoms with Crippen molar-refractivity contribution < 1.29 is 27.4 Å². The first-order chi connectivity index (χ1) is 7.58. The van der Waals surface area contributed by atoms with Crippen LogP contribution in [0.5, 0.6) is 0 Å². The molecule has 2 rings (SSSR count). The maximum atomic E-state index is 12.8. The molecule has 0 saturated carbocycles. The molecule has 1 saturated heterocycles. The van der Waals surface area contributed by atoms with Gasteiger partial charge in [-0.15, -0.1) is 0 Å². The highest BCUT2D eigenvalue weighted by Gasteiger charge is 2.24. The Bertz CT molecular complexity index is 406. The van der Waals surface area contributed by atoms with Crippen molar-refractivity contribution >= 4 is 5.97 Å². The zero-order valence-corrected chi connectivity index (χ0v) is 8.00. The van der Waals surface area contributed by atoms with E-state index >= 15 is 0 Å². The molecule has 1 aliphatic rings. The third-order valence-electron chi connectivity index (χ3n) is 2.10. The van der Waals surface area contributed by atoms with Crippen LogP contribution < -0.4 is 0 Å². The Morgan fingerprint density at radius 2 is 1.81 bits per heavy atom. The quantitative estimate of drug-likeness (QED) is 0.574. The Kier molecular flexibility index (Phi) is 2.82. The van der Waals surface area contributed by atoms with E-state index in [1.54, 1.807) is 0 Å². The van der Waals surface area contributed by atoms with Crippen molar-refractivity contribution in [3.63, 3.8) is 0 Å². The maximum absolute atomic E-state index is 12.8. The van der Waals surface area contributed by atoms with E-state index in [0.29, 0.717) is 12.1 Å². The summed E-state index contributed by atoms with van der Waals surface area (Å²) in [6.07, 6.45) is -0.399. The molecule has 0 aromatic heterocycles. The summed E-state index contributed by atoms with van der Waals surface area (Å²) < 4.78 is 47.7. The van der Waals surface area contributed by atoms with Gasteiger partial charge >= 0.3 is 5.97 Å². The second-order valence-electron chi connectivity index (χ2n) is 3.32. The minimum atomic E-state index is -1.61. The molecule has 0 amide bonds. The van der Waals surface area contributed by atoms with Gasteiger partial charge in [-0.3, -0.25) is 0 Å². The average molecular weight is 232 g/mol. The molecule has 3 nitrogen and oxygen atoms in total. The van der Waals surface area contributed by atoms with Crippen LogP contribution in [0, 0.1) is 17.5 Å². The van der Waals surface area contributed by atoms with E-state index in [1.165, 1.54) is 0 Å². The fourth-order valence-electron chi connectivity index (χ4n) is 1.17. The molecular formula is C10H7F3O3. The van der Waals surface area contributed by atoms with Gasteiger partial charge in [0.05, 0.1) is 18.8 Å². The van der Waals surface area contributed by atoms with E-state index in [2.05, 4.69) is 0 Å². The van der Waals surface area contributed by atoms with E-state index in [0.717, 1.165) is 0 Å². The first-order valence-corrected chi connectivity index (χ1v) is 4.51. The van der Waals surface area contributed by atoms with Crippen LogP contribution in [0.25, 0.3) is 0 Å². The number of carbonyl (C=O) groups excluding carboxylic acids is 1. The van der Waals surface area contributed by atoms with Crippen LogP contribution in [-0.2, 0) is 9.47 Å². The van der Waals surface area contributed by atoms with E-state index in [-0.39, 0.29) is 18.8 Å². The van der Waals surface area contributed by atoms with Crippen molar-refractivity contribution in [1.82, 2.24) is 0 Å². The molecule has 0 atom stereocenters. The molecule has 0 spiro atoms. The normalized spacial score (nSPS) is 15.7. The molecule has 86 valence electrons. The molecule has 1 aromatic carbocycles. The van der Waals surface area contributed by atoms with E-state index in [1.807, 2.05) is 0 Å². The Morgan fingerprint density at radius 3 is 2.25 bits per heavy atom. The predicted octanol–water partition coefficient (Wildman–Crippen LogP) is 1.66. The van der Waals surface area contributed by atoms with Gasteiger partial charge in [0.25, 0.3) is 0 Å². The van der Waals surface area contributed by atoms with Gasteiger partial charge in [-0.1, -0.05) is 0 Å². The number of hydrogen-bond acceptors (Lipinski definition) is 3. The number of ether oxygens (including phenoxy) is 2. The fraction of sp³-hybridized carbons (Fsp3) is 0.300. The molecule has 1 aromatic rings. The first kappa shape index (κ1) is 10.9. The molecule has 0 N–H and O–H groups in total. The van der Waals surface area contributed by atoms with Gasteiger partial charge < -0.3 is 9.47 Å². The zero-order valence-electron chi connectivity index (χ0n) is 8.00. The Labute approximate surface area is 88.8 Å². The summed E-state index contributed by atoms with van der Waals surface area (Å²) in [7, 11) is 0. The highest BCUT2D eigenvalue weighted by atomic mass is 19.2. The average Bonchev–Trinajstić information content (AvgIpc) is 2.19. The van der Waals surface area contributed by atoms with Crippen LogP contribution in [-0.4, -0.2) is 25.3 Å². The third kappa shape index (κ3) is 2.01. The molecule has 0 unspecified atom stereocenters. The highest BCUT2D eigenvalue weighted by molar-refractivity contribution is 5.89. The lowest BCUT2D eigenvalue weighted by Gasteiger charge is -2.25.